The van der Waals surface area contributed by atoms with Crippen molar-refractivity contribution in [2.24, 2.45) is 5.92 Å². The van der Waals surface area contributed by atoms with E-state index < -0.39 is 23.3 Å². The van der Waals surface area contributed by atoms with Crippen LogP contribution in [0, 0.1) is 17.2 Å². The summed E-state index contributed by atoms with van der Waals surface area (Å²) >= 11 is 0. The van der Waals surface area contributed by atoms with Crippen molar-refractivity contribution in [1.29, 1.82) is 5.26 Å². The van der Waals surface area contributed by atoms with Crippen LogP contribution in [0.25, 0.3) is 0 Å². The molecule has 7 nitrogen and oxygen atoms in total. The highest BCUT2D eigenvalue weighted by molar-refractivity contribution is 5.72. The molecule has 2 N–H and O–H groups in total. The van der Waals surface area contributed by atoms with Gasteiger partial charge in [-0.2, -0.15) is 5.26 Å². The van der Waals surface area contributed by atoms with Gasteiger partial charge in [-0.1, -0.05) is 20.3 Å². The number of hydrogen-bond acceptors (Lipinski definition) is 4. The molecule has 2 atom stereocenters. The smallest absolute Gasteiger partial charge is 0.329 e. The molecule has 7 heteroatoms. The average Bonchev–Trinajstić information content (AvgIpc) is 2.31. The van der Waals surface area contributed by atoms with Crippen LogP contribution in [0.3, 0.4) is 0 Å². The number of nitriles is 1. The summed E-state index contributed by atoms with van der Waals surface area (Å²) in [5.41, 5.74) is -1.93. The van der Waals surface area contributed by atoms with Crippen LogP contribution < -0.4 is 11.2 Å². The van der Waals surface area contributed by atoms with Gasteiger partial charge in [-0.05, 0) is 5.92 Å². The molecule has 1 rings (SSSR count). The summed E-state index contributed by atoms with van der Waals surface area (Å²) in [4.78, 5) is 36.0. The molecule has 1 aromatic rings. The second kappa shape index (κ2) is 5.31. The topological polar surface area (TPSA) is 116 Å². The van der Waals surface area contributed by atoms with Crippen molar-refractivity contribution >= 4 is 5.97 Å². The Labute approximate surface area is 102 Å². The first-order chi connectivity index (χ1) is 8.42. The Kier molecular flexibility index (Phi) is 4.05. The lowest BCUT2D eigenvalue weighted by Crippen LogP contribution is -2.38. The Morgan fingerprint density at radius 2 is 2.22 bits per heavy atom. The summed E-state index contributed by atoms with van der Waals surface area (Å²) in [6.45, 7) is 3.48. The minimum absolute atomic E-state index is 0.288. The SMILES string of the molecule is CCC(C)C(C(=O)O)n1cc(C#N)c(=O)[nH]c1=O. The standard InChI is InChI=1S/C11H13N3O4/c1-3-6(2)8(10(16)17)14-5-7(4-12)9(15)13-11(14)18/h5-6,8H,3H2,1-2H3,(H,16,17)(H,13,15,18). The first-order valence-corrected chi connectivity index (χ1v) is 5.40. The maximum atomic E-state index is 11.6. The van der Waals surface area contributed by atoms with E-state index >= 15 is 0 Å². The maximum absolute atomic E-state index is 11.6. The molecule has 0 spiro atoms. The lowest BCUT2D eigenvalue weighted by atomic mass is 9.99. The molecule has 0 aromatic carbocycles. The molecule has 96 valence electrons. The third-order valence-electron chi connectivity index (χ3n) is 2.82. The predicted octanol–water partition coefficient (Wildman–Crippen LogP) is 0.0801. The molecule has 0 saturated heterocycles. The Morgan fingerprint density at radius 1 is 1.61 bits per heavy atom. The first-order valence-electron chi connectivity index (χ1n) is 5.40. The van der Waals surface area contributed by atoms with Gasteiger partial charge in [-0.15, -0.1) is 0 Å². The molecule has 0 aliphatic heterocycles. The first kappa shape index (κ1) is 13.7. The third kappa shape index (κ3) is 2.48. The Morgan fingerprint density at radius 3 is 2.67 bits per heavy atom. The zero-order valence-electron chi connectivity index (χ0n) is 10.0. The van der Waals surface area contributed by atoms with Crippen LogP contribution >= 0.6 is 0 Å². The van der Waals surface area contributed by atoms with Crippen LogP contribution in [0.1, 0.15) is 31.9 Å². The Bertz CT molecular complexity index is 608. The number of nitrogens with one attached hydrogen (secondary N) is 1. The van der Waals surface area contributed by atoms with Gasteiger partial charge in [0.25, 0.3) is 5.56 Å². The van der Waals surface area contributed by atoms with Crippen molar-refractivity contribution in [1.82, 2.24) is 9.55 Å². The second-order valence-electron chi connectivity index (χ2n) is 3.99. The van der Waals surface area contributed by atoms with Gasteiger partial charge in [0.05, 0.1) is 0 Å². The number of H-pyrrole nitrogens is 1. The average molecular weight is 251 g/mol. The number of aliphatic carboxylic acids is 1. The number of aromatic amines is 1. The summed E-state index contributed by atoms with van der Waals surface area (Å²) in [6.07, 6.45) is 1.54. The summed E-state index contributed by atoms with van der Waals surface area (Å²) in [6, 6.07) is 0.512. The molecule has 2 unspecified atom stereocenters. The summed E-state index contributed by atoms with van der Waals surface area (Å²) in [5, 5.41) is 17.9. The van der Waals surface area contributed by atoms with E-state index in [-0.39, 0.29) is 11.5 Å². The minimum Gasteiger partial charge on any atom is -0.480 e. The molecule has 0 fully saturated rings. The van der Waals surface area contributed by atoms with Crippen molar-refractivity contribution < 1.29 is 9.90 Å². The Balaban J connectivity index is 3.48. The van der Waals surface area contributed by atoms with E-state index in [9.17, 15) is 14.4 Å². The van der Waals surface area contributed by atoms with Gasteiger partial charge in [0.1, 0.15) is 17.7 Å². The predicted molar refractivity (Wildman–Crippen MR) is 62.2 cm³/mol. The molecule has 1 aromatic heterocycles. The molecule has 0 radical (unpaired) electrons. The van der Waals surface area contributed by atoms with Crippen molar-refractivity contribution in [3.8, 4) is 6.07 Å². The normalized spacial score (nSPS) is 13.6. The number of carboxylic acid groups (broad SMARTS) is 1. The second-order valence-corrected chi connectivity index (χ2v) is 3.99. The third-order valence-corrected chi connectivity index (χ3v) is 2.82. The highest BCUT2D eigenvalue weighted by atomic mass is 16.4. The van der Waals surface area contributed by atoms with Crippen LogP contribution in [0.15, 0.2) is 15.8 Å². The van der Waals surface area contributed by atoms with Crippen LogP contribution in [0.2, 0.25) is 0 Å². The van der Waals surface area contributed by atoms with E-state index in [1.54, 1.807) is 19.9 Å². The quantitative estimate of drug-likeness (QED) is 0.786. The van der Waals surface area contributed by atoms with E-state index in [2.05, 4.69) is 0 Å². The fourth-order valence-electron chi connectivity index (χ4n) is 1.63. The van der Waals surface area contributed by atoms with E-state index in [0.29, 0.717) is 6.42 Å². The summed E-state index contributed by atoms with van der Waals surface area (Å²) in [5.74, 6) is -1.49. The monoisotopic (exact) mass is 251 g/mol. The lowest BCUT2D eigenvalue weighted by Gasteiger charge is -2.20. The number of rotatable bonds is 4. The van der Waals surface area contributed by atoms with E-state index in [4.69, 9.17) is 10.4 Å². The molecule has 0 aliphatic carbocycles. The van der Waals surface area contributed by atoms with Gasteiger partial charge in [0.15, 0.2) is 0 Å². The number of aromatic nitrogens is 2. The largest absolute Gasteiger partial charge is 0.480 e. The van der Waals surface area contributed by atoms with Gasteiger partial charge in [-0.25, -0.2) is 9.59 Å². The molecule has 0 bridgehead atoms. The van der Waals surface area contributed by atoms with Crippen molar-refractivity contribution in [3.05, 3.63) is 32.6 Å². The molecule has 0 amide bonds. The van der Waals surface area contributed by atoms with Gasteiger partial charge >= 0.3 is 11.7 Å². The summed E-state index contributed by atoms with van der Waals surface area (Å²) in [7, 11) is 0. The fraction of sp³-hybridized carbons (Fsp3) is 0.455. The molecule has 18 heavy (non-hydrogen) atoms. The van der Waals surface area contributed by atoms with Gasteiger partial charge in [-0.3, -0.25) is 14.3 Å². The Hall–Kier alpha value is -2.36. The van der Waals surface area contributed by atoms with Crippen molar-refractivity contribution in [2.75, 3.05) is 0 Å². The van der Waals surface area contributed by atoms with E-state index in [1.165, 1.54) is 0 Å². The molecule has 1 heterocycles. The number of nitrogens with zero attached hydrogens (tertiary/aromatic N) is 2. The van der Waals surface area contributed by atoms with E-state index in [0.717, 1.165) is 10.8 Å². The van der Waals surface area contributed by atoms with Crippen LogP contribution in [0.5, 0.6) is 0 Å². The van der Waals surface area contributed by atoms with Gasteiger partial charge < -0.3 is 5.11 Å². The lowest BCUT2D eigenvalue weighted by molar-refractivity contribution is -0.142. The summed E-state index contributed by atoms with van der Waals surface area (Å²) < 4.78 is 0.885. The minimum atomic E-state index is -1.18. The number of carboxylic acids is 1. The molecule has 0 saturated carbocycles. The van der Waals surface area contributed by atoms with Crippen LogP contribution in [-0.2, 0) is 4.79 Å². The molecular formula is C11H13N3O4. The molecule has 0 aliphatic rings. The highest BCUT2D eigenvalue weighted by Gasteiger charge is 2.27. The van der Waals surface area contributed by atoms with Crippen molar-refractivity contribution in [2.45, 2.75) is 26.3 Å². The van der Waals surface area contributed by atoms with Crippen LogP contribution in [-0.4, -0.2) is 20.6 Å². The fourth-order valence-corrected chi connectivity index (χ4v) is 1.63. The van der Waals surface area contributed by atoms with Crippen molar-refractivity contribution in [3.63, 3.8) is 0 Å². The van der Waals surface area contributed by atoms with E-state index in [1.807, 2.05) is 4.98 Å². The zero-order valence-corrected chi connectivity index (χ0v) is 10.0. The highest BCUT2D eigenvalue weighted by Crippen LogP contribution is 2.19. The molecular weight excluding hydrogens is 238 g/mol. The maximum Gasteiger partial charge on any atom is 0.329 e. The zero-order chi connectivity index (χ0) is 13.9. The number of carbonyl (C=O) groups is 1. The van der Waals surface area contributed by atoms with Gasteiger partial charge in [0.2, 0.25) is 0 Å². The van der Waals surface area contributed by atoms with Crippen LogP contribution in [0.4, 0.5) is 0 Å². The van der Waals surface area contributed by atoms with Gasteiger partial charge in [0, 0.05) is 6.20 Å². The number of hydrogen-bond donors (Lipinski definition) is 2.